The zero-order chi connectivity index (χ0) is 53.6. The molecule has 0 heterocycles. The molecule has 422 valence electrons. The van der Waals surface area contributed by atoms with Gasteiger partial charge in [-0.2, -0.15) is 0 Å². The summed E-state index contributed by atoms with van der Waals surface area (Å²) in [6, 6.07) is 0. The molecule has 0 spiro atoms. The first-order valence-corrected chi connectivity index (χ1v) is 30.9. The summed E-state index contributed by atoms with van der Waals surface area (Å²) in [5, 5.41) is 0. The first-order chi connectivity index (χ1) is 36.5. The molecular weight excluding hydrogens is 913 g/mol. The summed E-state index contributed by atoms with van der Waals surface area (Å²) in [5.74, 6) is -0.904. The second-order valence-electron chi connectivity index (χ2n) is 20.2. The van der Waals surface area contributed by atoms with Gasteiger partial charge in [-0.3, -0.25) is 14.4 Å². The third-order valence-electron chi connectivity index (χ3n) is 13.0. The summed E-state index contributed by atoms with van der Waals surface area (Å²) in [4.78, 5) is 38.1. The molecular formula is C68H114O6. The Balaban J connectivity index is 4.27. The Morgan fingerprint density at radius 1 is 0.284 bits per heavy atom. The minimum atomic E-state index is -0.786. The SMILES string of the molecule is CC/C=C\C/C=C\C/C=C\C/C=C\C/C=C\C/C=C\C/C=C\C/C=C\CCCCCCCCC(=O)OCC(COC(=O)CCCCCCC/C=C\CCCC)OC(=O)CCCCCCCCCCCCCCCC. The van der Waals surface area contributed by atoms with E-state index in [-0.39, 0.29) is 31.1 Å². The van der Waals surface area contributed by atoms with Gasteiger partial charge in [0.2, 0.25) is 0 Å². The van der Waals surface area contributed by atoms with E-state index in [4.69, 9.17) is 14.2 Å². The average Bonchev–Trinajstić information content (AvgIpc) is 3.40. The molecule has 0 saturated carbocycles. The van der Waals surface area contributed by atoms with Crippen LogP contribution in [0.15, 0.2) is 109 Å². The summed E-state index contributed by atoms with van der Waals surface area (Å²) in [6.07, 6.45) is 83.8. The van der Waals surface area contributed by atoms with Gasteiger partial charge in [0, 0.05) is 19.3 Å². The fraction of sp³-hybridized carbons (Fsp3) is 0.691. The Bertz CT molecular complexity index is 1510. The van der Waals surface area contributed by atoms with E-state index >= 15 is 0 Å². The fourth-order valence-corrected chi connectivity index (χ4v) is 8.38. The number of hydrogen-bond acceptors (Lipinski definition) is 6. The summed E-state index contributed by atoms with van der Waals surface area (Å²) < 4.78 is 16.8. The van der Waals surface area contributed by atoms with Crippen LogP contribution in [0.1, 0.15) is 284 Å². The van der Waals surface area contributed by atoms with Crippen molar-refractivity contribution in [3.05, 3.63) is 109 Å². The molecule has 0 aliphatic heterocycles. The molecule has 0 fully saturated rings. The average molecular weight is 1030 g/mol. The molecule has 0 rings (SSSR count). The van der Waals surface area contributed by atoms with Gasteiger partial charge in [-0.15, -0.1) is 0 Å². The van der Waals surface area contributed by atoms with Crippen LogP contribution < -0.4 is 0 Å². The number of carbonyl (C=O) groups is 3. The van der Waals surface area contributed by atoms with Crippen molar-refractivity contribution in [3.63, 3.8) is 0 Å². The lowest BCUT2D eigenvalue weighted by molar-refractivity contribution is -0.167. The number of allylic oxidation sites excluding steroid dienone is 18. The molecule has 0 aromatic rings. The van der Waals surface area contributed by atoms with Gasteiger partial charge in [0.25, 0.3) is 0 Å². The quantitative estimate of drug-likeness (QED) is 0.0261. The molecule has 1 unspecified atom stereocenters. The summed E-state index contributed by atoms with van der Waals surface area (Å²) in [5.41, 5.74) is 0. The Morgan fingerprint density at radius 2 is 0.541 bits per heavy atom. The third kappa shape index (κ3) is 59.0. The third-order valence-corrected chi connectivity index (χ3v) is 13.0. The Labute approximate surface area is 457 Å². The topological polar surface area (TPSA) is 78.9 Å². The molecule has 0 aromatic heterocycles. The van der Waals surface area contributed by atoms with Crippen LogP contribution in [-0.4, -0.2) is 37.2 Å². The highest BCUT2D eigenvalue weighted by atomic mass is 16.6. The van der Waals surface area contributed by atoms with Crippen molar-refractivity contribution in [2.45, 2.75) is 290 Å². The van der Waals surface area contributed by atoms with Gasteiger partial charge in [-0.1, -0.05) is 271 Å². The van der Waals surface area contributed by atoms with E-state index in [0.717, 1.165) is 128 Å². The van der Waals surface area contributed by atoms with Crippen molar-refractivity contribution in [1.82, 2.24) is 0 Å². The van der Waals surface area contributed by atoms with E-state index in [2.05, 4.69) is 130 Å². The molecule has 0 aliphatic carbocycles. The van der Waals surface area contributed by atoms with Gasteiger partial charge in [-0.25, -0.2) is 0 Å². The van der Waals surface area contributed by atoms with Crippen molar-refractivity contribution >= 4 is 17.9 Å². The highest BCUT2D eigenvalue weighted by Crippen LogP contribution is 2.16. The lowest BCUT2D eigenvalue weighted by Crippen LogP contribution is -2.30. The van der Waals surface area contributed by atoms with E-state index in [0.29, 0.717) is 19.3 Å². The van der Waals surface area contributed by atoms with Crippen molar-refractivity contribution < 1.29 is 28.6 Å². The minimum absolute atomic E-state index is 0.0854. The fourth-order valence-electron chi connectivity index (χ4n) is 8.38. The second-order valence-corrected chi connectivity index (χ2v) is 20.2. The van der Waals surface area contributed by atoms with Gasteiger partial charge in [-0.05, 0) is 103 Å². The van der Waals surface area contributed by atoms with Crippen LogP contribution in [0.4, 0.5) is 0 Å². The standard InChI is InChI=1S/C68H114O6/c1-4-7-10-13-16-19-22-24-26-27-28-29-30-31-32-33-34-35-36-37-38-39-40-41-42-44-46-49-52-55-58-61-67(70)73-64-65(63-72-66(69)60-57-54-51-48-45-21-18-15-12-9-6-3)74-68(71)62-59-56-53-50-47-43-25-23-20-17-14-11-8-5-2/h7,10,15-16,18-19,24,26,28-29,31-32,34-35,37-38,40-41,65H,4-6,8-9,11-14,17,20-23,25,27,30,33,36,39,42-64H2,1-3H3/b10-7-,18-15-,19-16-,26-24-,29-28-,32-31-,35-34-,38-37-,41-40-. The highest BCUT2D eigenvalue weighted by Gasteiger charge is 2.19. The van der Waals surface area contributed by atoms with E-state index in [1.807, 2.05) is 0 Å². The lowest BCUT2D eigenvalue weighted by Gasteiger charge is -2.18. The first-order valence-electron chi connectivity index (χ1n) is 30.9. The molecule has 0 N–H and O–H groups in total. The number of ether oxygens (including phenoxy) is 3. The van der Waals surface area contributed by atoms with Crippen LogP contribution in [0.3, 0.4) is 0 Å². The number of esters is 3. The highest BCUT2D eigenvalue weighted by molar-refractivity contribution is 5.71. The van der Waals surface area contributed by atoms with Crippen LogP contribution in [0.2, 0.25) is 0 Å². The zero-order valence-corrected chi connectivity index (χ0v) is 48.3. The zero-order valence-electron chi connectivity index (χ0n) is 48.3. The van der Waals surface area contributed by atoms with Gasteiger partial charge in [0.15, 0.2) is 6.10 Å². The predicted octanol–water partition coefficient (Wildman–Crippen LogP) is 21.0. The normalized spacial score (nSPS) is 12.9. The maximum absolute atomic E-state index is 12.8. The maximum Gasteiger partial charge on any atom is 0.306 e. The molecule has 1 atom stereocenters. The predicted molar refractivity (Wildman–Crippen MR) is 320 cm³/mol. The lowest BCUT2D eigenvalue weighted by atomic mass is 10.0. The van der Waals surface area contributed by atoms with Crippen molar-refractivity contribution in [3.8, 4) is 0 Å². The van der Waals surface area contributed by atoms with Crippen LogP contribution in [0.25, 0.3) is 0 Å². The van der Waals surface area contributed by atoms with Crippen LogP contribution in [0.5, 0.6) is 0 Å². The van der Waals surface area contributed by atoms with E-state index in [1.165, 1.54) is 116 Å². The molecule has 0 bridgehead atoms. The van der Waals surface area contributed by atoms with Crippen molar-refractivity contribution in [2.75, 3.05) is 13.2 Å². The molecule has 6 nitrogen and oxygen atoms in total. The van der Waals surface area contributed by atoms with Gasteiger partial charge in [0.1, 0.15) is 13.2 Å². The van der Waals surface area contributed by atoms with Crippen molar-refractivity contribution in [2.24, 2.45) is 0 Å². The van der Waals surface area contributed by atoms with Crippen LogP contribution >= 0.6 is 0 Å². The molecule has 0 aromatic carbocycles. The number of hydrogen-bond donors (Lipinski definition) is 0. The van der Waals surface area contributed by atoms with Crippen LogP contribution in [0, 0.1) is 0 Å². The molecule has 0 aliphatic rings. The maximum atomic E-state index is 12.8. The smallest absolute Gasteiger partial charge is 0.306 e. The van der Waals surface area contributed by atoms with Crippen molar-refractivity contribution in [1.29, 1.82) is 0 Å². The van der Waals surface area contributed by atoms with Crippen LogP contribution in [-0.2, 0) is 28.6 Å². The molecule has 74 heavy (non-hydrogen) atoms. The summed E-state index contributed by atoms with van der Waals surface area (Å²) in [6.45, 7) is 6.48. The monoisotopic (exact) mass is 1030 g/mol. The van der Waals surface area contributed by atoms with E-state index in [1.54, 1.807) is 0 Å². The molecule has 6 heteroatoms. The minimum Gasteiger partial charge on any atom is -0.462 e. The Morgan fingerprint density at radius 3 is 0.878 bits per heavy atom. The number of carbonyl (C=O) groups excluding carboxylic acids is 3. The number of unbranched alkanes of at least 4 members (excludes halogenated alkanes) is 26. The van der Waals surface area contributed by atoms with E-state index in [9.17, 15) is 14.4 Å². The molecule has 0 saturated heterocycles. The van der Waals surface area contributed by atoms with E-state index < -0.39 is 6.10 Å². The second kappa shape index (κ2) is 61.6. The summed E-state index contributed by atoms with van der Waals surface area (Å²) >= 11 is 0. The number of rotatable bonds is 55. The Hall–Kier alpha value is -3.93. The first kappa shape index (κ1) is 70.1. The summed E-state index contributed by atoms with van der Waals surface area (Å²) in [7, 11) is 0. The largest absolute Gasteiger partial charge is 0.462 e. The Kier molecular flexibility index (Phi) is 58.3. The van der Waals surface area contributed by atoms with Gasteiger partial charge in [0.05, 0.1) is 0 Å². The van der Waals surface area contributed by atoms with Gasteiger partial charge >= 0.3 is 17.9 Å². The molecule has 0 amide bonds. The molecule has 0 radical (unpaired) electrons. The van der Waals surface area contributed by atoms with Gasteiger partial charge < -0.3 is 14.2 Å².